The number of rotatable bonds is 3. The summed E-state index contributed by atoms with van der Waals surface area (Å²) in [6, 6.07) is 20.1. The van der Waals surface area contributed by atoms with Gasteiger partial charge < -0.3 is 0 Å². The Kier molecular flexibility index (Phi) is 4.39. The van der Waals surface area contributed by atoms with Gasteiger partial charge >= 0.3 is 0 Å². The normalized spacial score (nSPS) is 11.0. The number of benzene rings is 3. The van der Waals surface area contributed by atoms with Crippen LogP contribution < -0.4 is 0 Å². The molecule has 0 saturated carbocycles. The lowest BCUT2D eigenvalue weighted by molar-refractivity contribution is 1.18. The molecule has 0 N–H and O–H groups in total. The summed E-state index contributed by atoms with van der Waals surface area (Å²) in [5, 5.41) is 2.48. The van der Waals surface area contributed by atoms with Gasteiger partial charge in [0.15, 0.2) is 0 Å². The second-order valence-corrected chi connectivity index (χ2v) is 6.79. The third kappa shape index (κ3) is 3.51. The van der Waals surface area contributed by atoms with Crippen LogP contribution in [0.1, 0.15) is 11.1 Å². The van der Waals surface area contributed by atoms with E-state index in [2.05, 4.69) is 28.2 Å². The van der Waals surface area contributed by atoms with Crippen LogP contribution in [0.4, 0.5) is 0 Å². The molecule has 3 aromatic carbocycles. The van der Waals surface area contributed by atoms with Crippen LogP contribution in [0.3, 0.4) is 0 Å². The molecule has 122 valence electrons. The fraction of sp³-hybridized carbons (Fsp3) is 0.0476. The summed E-state index contributed by atoms with van der Waals surface area (Å²) in [5.41, 5.74) is 5.46. The van der Waals surface area contributed by atoms with Crippen molar-refractivity contribution in [2.75, 3.05) is 0 Å². The predicted octanol–water partition coefficient (Wildman–Crippen LogP) is 6.19. The van der Waals surface area contributed by atoms with E-state index in [9.17, 15) is 0 Å². The van der Waals surface area contributed by atoms with Crippen LogP contribution in [-0.2, 0) is 6.42 Å². The fourth-order valence-corrected chi connectivity index (χ4v) is 3.29. The second kappa shape index (κ2) is 6.83. The smallest absolute Gasteiger partial charge is 0.116 e. The summed E-state index contributed by atoms with van der Waals surface area (Å²) in [7, 11) is 0. The maximum Gasteiger partial charge on any atom is 0.116 e. The first-order valence-electron chi connectivity index (χ1n) is 7.92. The molecule has 0 radical (unpaired) electrons. The highest BCUT2D eigenvalue weighted by atomic mass is 35.5. The summed E-state index contributed by atoms with van der Waals surface area (Å²) in [6.07, 6.45) is 4.24. The summed E-state index contributed by atoms with van der Waals surface area (Å²) >= 11 is 12.2. The third-order valence-corrected chi connectivity index (χ3v) is 4.63. The molecule has 0 saturated heterocycles. The van der Waals surface area contributed by atoms with E-state index in [0.717, 1.165) is 33.5 Å². The van der Waals surface area contributed by atoms with Crippen molar-refractivity contribution in [2.45, 2.75) is 6.42 Å². The van der Waals surface area contributed by atoms with Crippen molar-refractivity contribution < 1.29 is 0 Å². The Morgan fingerprint density at radius 1 is 0.800 bits per heavy atom. The minimum Gasteiger partial charge on any atom is -0.244 e. The lowest BCUT2D eigenvalue weighted by Crippen LogP contribution is -1.93. The zero-order valence-corrected chi connectivity index (χ0v) is 14.8. The monoisotopic (exact) mass is 364 g/mol. The first-order valence-corrected chi connectivity index (χ1v) is 8.68. The molecule has 0 atom stereocenters. The number of nitrogens with zero attached hydrogens (tertiary/aromatic N) is 2. The maximum atomic E-state index is 6.19. The first kappa shape index (κ1) is 16.1. The zero-order valence-electron chi connectivity index (χ0n) is 13.3. The Balaban J connectivity index is 1.85. The SMILES string of the molecule is Clc1ccc(Cc2cc(-c3cccc(Cl)c3)c3cncnc3c2)cc1. The first-order chi connectivity index (χ1) is 12.2. The van der Waals surface area contributed by atoms with E-state index >= 15 is 0 Å². The van der Waals surface area contributed by atoms with Gasteiger partial charge in [-0.3, -0.25) is 0 Å². The van der Waals surface area contributed by atoms with Gasteiger partial charge in [0.2, 0.25) is 0 Å². The van der Waals surface area contributed by atoms with Crippen LogP contribution in [0.15, 0.2) is 73.2 Å². The van der Waals surface area contributed by atoms with Gasteiger partial charge in [-0.2, -0.15) is 0 Å². The molecule has 0 fully saturated rings. The third-order valence-electron chi connectivity index (χ3n) is 4.14. The Labute approximate surface area is 156 Å². The van der Waals surface area contributed by atoms with Crippen molar-refractivity contribution in [1.29, 1.82) is 0 Å². The average molecular weight is 365 g/mol. The highest BCUT2D eigenvalue weighted by Gasteiger charge is 2.09. The molecule has 0 aliphatic heterocycles. The van der Waals surface area contributed by atoms with Crippen molar-refractivity contribution >= 4 is 34.1 Å². The highest BCUT2D eigenvalue weighted by Crippen LogP contribution is 2.31. The topological polar surface area (TPSA) is 25.8 Å². The van der Waals surface area contributed by atoms with E-state index in [4.69, 9.17) is 23.2 Å². The van der Waals surface area contributed by atoms with Gasteiger partial charge in [-0.25, -0.2) is 9.97 Å². The summed E-state index contributed by atoms with van der Waals surface area (Å²) in [6.45, 7) is 0. The molecule has 4 rings (SSSR count). The number of aromatic nitrogens is 2. The van der Waals surface area contributed by atoms with E-state index in [1.807, 2.05) is 48.7 Å². The van der Waals surface area contributed by atoms with Crippen molar-refractivity contribution in [2.24, 2.45) is 0 Å². The Morgan fingerprint density at radius 3 is 2.44 bits per heavy atom. The van der Waals surface area contributed by atoms with Crippen molar-refractivity contribution in [3.63, 3.8) is 0 Å². The van der Waals surface area contributed by atoms with Gasteiger partial charge in [-0.1, -0.05) is 53.5 Å². The quantitative estimate of drug-likeness (QED) is 0.432. The largest absolute Gasteiger partial charge is 0.244 e. The molecule has 25 heavy (non-hydrogen) atoms. The molecule has 4 heteroatoms. The van der Waals surface area contributed by atoms with E-state index in [1.165, 1.54) is 11.1 Å². The molecule has 0 aliphatic rings. The molecule has 1 heterocycles. The van der Waals surface area contributed by atoms with Gasteiger partial charge in [-0.05, 0) is 59.0 Å². The predicted molar refractivity (Wildman–Crippen MR) is 104 cm³/mol. The summed E-state index contributed by atoms with van der Waals surface area (Å²) in [4.78, 5) is 8.63. The van der Waals surface area contributed by atoms with Gasteiger partial charge in [0.25, 0.3) is 0 Å². The molecule has 0 spiro atoms. The van der Waals surface area contributed by atoms with Crippen molar-refractivity contribution in [3.05, 3.63) is 94.4 Å². The summed E-state index contributed by atoms with van der Waals surface area (Å²) < 4.78 is 0. The Hall–Kier alpha value is -2.42. The van der Waals surface area contributed by atoms with Crippen molar-refractivity contribution in [3.8, 4) is 11.1 Å². The molecule has 0 bridgehead atoms. The van der Waals surface area contributed by atoms with Gasteiger partial charge in [0.1, 0.15) is 6.33 Å². The van der Waals surface area contributed by atoms with Gasteiger partial charge in [-0.15, -0.1) is 0 Å². The number of hydrogen-bond donors (Lipinski definition) is 0. The number of hydrogen-bond acceptors (Lipinski definition) is 2. The average Bonchev–Trinajstić information content (AvgIpc) is 2.63. The molecule has 1 aromatic heterocycles. The van der Waals surface area contributed by atoms with Crippen LogP contribution in [0, 0.1) is 0 Å². The fourth-order valence-electron chi connectivity index (χ4n) is 2.98. The van der Waals surface area contributed by atoms with Crippen LogP contribution in [0.25, 0.3) is 22.0 Å². The van der Waals surface area contributed by atoms with Crippen LogP contribution in [0.2, 0.25) is 10.0 Å². The molecule has 4 aromatic rings. The van der Waals surface area contributed by atoms with Crippen molar-refractivity contribution in [1.82, 2.24) is 9.97 Å². The molecular weight excluding hydrogens is 351 g/mol. The number of fused-ring (bicyclic) bond motifs is 1. The second-order valence-electron chi connectivity index (χ2n) is 5.91. The van der Waals surface area contributed by atoms with Gasteiger partial charge in [0.05, 0.1) is 5.52 Å². The molecule has 0 unspecified atom stereocenters. The molecule has 0 aliphatic carbocycles. The highest BCUT2D eigenvalue weighted by molar-refractivity contribution is 6.31. The van der Waals surface area contributed by atoms with E-state index < -0.39 is 0 Å². The van der Waals surface area contributed by atoms with E-state index in [1.54, 1.807) is 6.33 Å². The summed E-state index contributed by atoms with van der Waals surface area (Å²) in [5.74, 6) is 0. The minimum atomic E-state index is 0.714. The van der Waals surface area contributed by atoms with Gasteiger partial charge in [0, 0.05) is 21.6 Å². The van der Waals surface area contributed by atoms with Crippen LogP contribution in [-0.4, -0.2) is 9.97 Å². The lowest BCUT2D eigenvalue weighted by atomic mass is 9.96. The number of halogens is 2. The van der Waals surface area contributed by atoms with Crippen LogP contribution in [0.5, 0.6) is 0 Å². The Bertz CT molecular complexity index is 1040. The maximum absolute atomic E-state index is 6.19. The van der Waals surface area contributed by atoms with Crippen LogP contribution >= 0.6 is 23.2 Å². The zero-order chi connectivity index (χ0) is 17.2. The standard InChI is InChI=1S/C21H14Cl2N2/c22-17-6-4-14(5-7-17)8-15-9-19(16-2-1-3-18(23)11-16)20-12-24-13-25-21(20)10-15/h1-7,9-13H,8H2. The molecular formula is C21H14Cl2N2. The van der Waals surface area contributed by atoms with E-state index in [0.29, 0.717) is 5.02 Å². The minimum absolute atomic E-state index is 0.714. The van der Waals surface area contributed by atoms with E-state index in [-0.39, 0.29) is 0 Å². The Morgan fingerprint density at radius 2 is 1.64 bits per heavy atom. The molecule has 0 amide bonds. The lowest BCUT2D eigenvalue weighted by Gasteiger charge is -2.10. The molecule has 2 nitrogen and oxygen atoms in total.